The van der Waals surface area contributed by atoms with Crippen LogP contribution in [0, 0.1) is 0 Å². The van der Waals surface area contributed by atoms with E-state index in [1.54, 1.807) is 29.4 Å². The van der Waals surface area contributed by atoms with E-state index in [0.717, 1.165) is 19.3 Å². The SMILES string of the molecule is CCC(=O)NCc1cc(S(=O)(=O)N2CCC3CCC(C2)N3)ccc1OC. The Morgan fingerprint density at radius 1 is 1.31 bits per heavy atom. The van der Waals surface area contributed by atoms with E-state index in [1.807, 2.05) is 0 Å². The Morgan fingerprint density at radius 3 is 2.81 bits per heavy atom. The van der Waals surface area contributed by atoms with Crippen LogP contribution in [0.4, 0.5) is 0 Å². The van der Waals surface area contributed by atoms with Gasteiger partial charge < -0.3 is 15.4 Å². The zero-order valence-electron chi connectivity index (χ0n) is 15.3. The highest BCUT2D eigenvalue weighted by molar-refractivity contribution is 7.89. The summed E-state index contributed by atoms with van der Waals surface area (Å²) in [5.74, 6) is 0.479. The van der Waals surface area contributed by atoms with Crippen molar-refractivity contribution in [1.82, 2.24) is 14.9 Å². The minimum Gasteiger partial charge on any atom is -0.496 e. The molecule has 0 spiro atoms. The number of nitrogens with zero attached hydrogens (tertiary/aromatic N) is 1. The fourth-order valence-corrected chi connectivity index (χ4v) is 5.20. The Kier molecular flexibility index (Phi) is 5.84. The molecule has 2 heterocycles. The molecule has 2 atom stereocenters. The minimum atomic E-state index is -3.57. The maximum atomic E-state index is 13.1. The average Bonchev–Trinajstić information content (AvgIpc) is 2.97. The van der Waals surface area contributed by atoms with Crippen molar-refractivity contribution in [1.29, 1.82) is 0 Å². The molecule has 2 aliphatic rings. The molecule has 3 rings (SSSR count). The van der Waals surface area contributed by atoms with Gasteiger partial charge in [0, 0.05) is 43.7 Å². The van der Waals surface area contributed by atoms with Crippen LogP contribution in [0.2, 0.25) is 0 Å². The summed E-state index contributed by atoms with van der Waals surface area (Å²) in [7, 11) is -2.04. The third-order valence-electron chi connectivity index (χ3n) is 5.17. The maximum absolute atomic E-state index is 13.1. The van der Waals surface area contributed by atoms with Crippen LogP contribution in [0.15, 0.2) is 23.1 Å². The smallest absolute Gasteiger partial charge is 0.243 e. The molecule has 0 aromatic heterocycles. The normalized spacial score (nSPS) is 23.5. The van der Waals surface area contributed by atoms with E-state index in [1.165, 1.54) is 7.11 Å². The van der Waals surface area contributed by atoms with Gasteiger partial charge >= 0.3 is 0 Å². The first kappa shape index (κ1) is 19.1. The molecule has 144 valence electrons. The Hall–Kier alpha value is -1.64. The third-order valence-corrected chi connectivity index (χ3v) is 7.03. The molecule has 0 radical (unpaired) electrons. The van der Waals surface area contributed by atoms with E-state index >= 15 is 0 Å². The first-order valence-corrected chi connectivity index (χ1v) is 10.6. The number of methoxy groups -OCH3 is 1. The molecule has 2 bridgehead atoms. The first-order chi connectivity index (χ1) is 12.4. The molecule has 7 nitrogen and oxygen atoms in total. The van der Waals surface area contributed by atoms with E-state index in [0.29, 0.717) is 36.9 Å². The van der Waals surface area contributed by atoms with E-state index in [4.69, 9.17) is 4.74 Å². The number of hydrogen-bond acceptors (Lipinski definition) is 5. The third kappa shape index (κ3) is 4.02. The topological polar surface area (TPSA) is 87.7 Å². The van der Waals surface area contributed by atoms with Crippen molar-refractivity contribution in [2.45, 2.75) is 56.1 Å². The molecule has 8 heteroatoms. The number of rotatable bonds is 6. The molecule has 0 aliphatic carbocycles. The van der Waals surface area contributed by atoms with Crippen LogP contribution in [-0.4, -0.2) is 50.9 Å². The molecule has 2 fully saturated rings. The predicted molar refractivity (Wildman–Crippen MR) is 98.5 cm³/mol. The Morgan fingerprint density at radius 2 is 2.08 bits per heavy atom. The van der Waals surface area contributed by atoms with Crippen molar-refractivity contribution in [3.8, 4) is 5.75 Å². The molecule has 2 unspecified atom stereocenters. The molecule has 1 aromatic carbocycles. The lowest BCUT2D eigenvalue weighted by molar-refractivity contribution is -0.120. The van der Waals surface area contributed by atoms with E-state index < -0.39 is 10.0 Å². The predicted octanol–water partition coefficient (Wildman–Crippen LogP) is 1.24. The number of sulfonamides is 1. The number of carbonyl (C=O) groups is 1. The van der Waals surface area contributed by atoms with Gasteiger partial charge in [0.05, 0.1) is 12.0 Å². The zero-order valence-corrected chi connectivity index (χ0v) is 16.1. The Balaban J connectivity index is 1.83. The monoisotopic (exact) mass is 381 g/mol. The van der Waals surface area contributed by atoms with E-state index in [9.17, 15) is 13.2 Å². The second kappa shape index (κ2) is 7.94. The summed E-state index contributed by atoms with van der Waals surface area (Å²) < 4.78 is 33.2. The van der Waals surface area contributed by atoms with Crippen LogP contribution < -0.4 is 15.4 Å². The summed E-state index contributed by atoms with van der Waals surface area (Å²) in [6.45, 7) is 3.05. The molecule has 26 heavy (non-hydrogen) atoms. The van der Waals surface area contributed by atoms with Crippen molar-refractivity contribution >= 4 is 15.9 Å². The van der Waals surface area contributed by atoms with Crippen molar-refractivity contribution < 1.29 is 17.9 Å². The van der Waals surface area contributed by atoms with Crippen molar-refractivity contribution in [3.63, 3.8) is 0 Å². The fourth-order valence-electron chi connectivity index (χ4n) is 3.65. The largest absolute Gasteiger partial charge is 0.496 e. The van der Waals surface area contributed by atoms with Crippen molar-refractivity contribution in [3.05, 3.63) is 23.8 Å². The van der Waals surface area contributed by atoms with Gasteiger partial charge in [0.2, 0.25) is 15.9 Å². The minimum absolute atomic E-state index is 0.0880. The van der Waals surface area contributed by atoms with Gasteiger partial charge in [-0.05, 0) is 37.5 Å². The standard InChI is InChI=1S/C18H27N3O4S/c1-3-18(22)19-11-13-10-16(6-7-17(13)25-2)26(23,24)21-9-8-14-4-5-15(12-21)20-14/h6-7,10,14-15,20H,3-5,8-9,11-12H2,1-2H3,(H,19,22). The van der Waals surface area contributed by atoms with Gasteiger partial charge in [0.15, 0.2) is 0 Å². The highest BCUT2D eigenvalue weighted by atomic mass is 32.2. The lowest BCUT2D eigenvalue weighted by Crippen LogP contribution is -2.39. The molecular weight excluding hydrogens is 354 g/mol. The van der Waals surface area contributed by atoms with E-state index in [2.05, 4.69) is 10.6 Å². The lowest BCUT2D eigenvalue weighted by atomic mass is 10.1. The summed E-state index contributed by atoms with van der Waals surface area (Å²) >= 11 is 0. The van der Waals surface area contributed by atoms with Gasteiger partial charge in [0.1, 0.15) is 5.75 Å². The molecule has 2 N–H and O–H groups in total. The molecule has 0 saturated carbocycles. The van der Waals surface area contributed by atoms with E-state index in [-0.39, 0.29) is 23.4 Å². The molecule has 1 amide bonds. The van der Waals surface area contributed by atoms with Crippen LogP contribution in [0.3, 0.4) is 0 Å². The van der Waals surface area contributed by atoms with Gasteiger partial charge in [-0.15, -0.1) is 0 Å². The van der Waals surface area contributed by atoms with Crippen molar-refractivity contribution in [2.75, 3.05) is 20.2 Å². The molecular formula is C18H27N3O4S. The number of fused-ring (bicyclic) bond motifs is 2. The van der Waals surface area contributed by atoms with Crippen molar-refractivity contribution in [2.24, 2.45) is 0 Å². The van der Waals surface area contributed by atoms with Gasteiger partial charge in [0.25, 0.3) is 0 Å². The number of benzene rings is 1. The van der Waals surface area contributed by atoms with Crippen LogP contribution in [0.25, 0.3) is 0 Å². The number of ether oxygens (including phenoxy) is 1. The summed E-state index contributed by atoms with van der Waals surface area (Å²) in [6.07, 6.45) is 3.37. The molecule has 2 aliphatic heterocycles. The van der Waals surface area contributed by atoms with Gasteiger partial charge in [-0.25, -0.2) is 8.42 Å². The van der Waals surface area contributed by atoms with Gasteiger partial charge in [-0.2, -0.15) is 4.31 Å². The summed E-state index contributed by atoms with van der Waals surface area (Å²) in [4.78, 5) is 11.8. The molecule has 2 saturated heterocycles. The number of hydrogen-bond donors (Lipinski definition) is 2. The highest BCUT2D eigenvalue weighted by Crippen LogP contribution is 2.28. The molecule has 1 aromatic rings. The summed E-state index contributed by atoms with van der Waals surface area (Å²) in [5.41, 5.74) is 0.657. The fraction of sp³-hybridized carbons (Fsp3) is 0.611. The summed E-state index contributed by atoms with van der Waals surface area (Å²) in [5, 5.41) is 6.28. The Labute approximate surface area is 155 Å². The maximum Gasteiger partial charge on any atom is 0.243 e. The number of nitrogens with one attached hydrogen (secondary N) is 2. The summed E-state index contributed by atoms with van der Waals surface area (Å²) in [6, 6.07) is 5.51. The van der Waals surface area contributed by atoms with Crippen LogP contribution in [-0.2, 0) is 21.4 Å². The van der Waals surface area contributed by atoms with Crippen LogP contribution in [0.1, 0.15) is 38.2 Å². The highest BCUT2D eigenvalue weighted by Gasteiger charge is 2.35. The lowest BCUT2D eigenvalue weighted by Gasteiger charge is -2.24. The van der Waals surface area contributed by atoms with Crippen LogP contribution in [0.5, 0.6) is 5.75 Å². The van der Waals surface area contributed by atoms with Gasteiger partial charge in [-0.3, -0.25) is 4.79 Å². The average molecular weight is 381 g/mol. The first-order valence-electron chi connectivity index (χ1n) is 9.14. The Bertz CT molecular complexity index is 766. The number of amides is 1. The van der Waals surface area contributed by atoms with Crippen LogP contribution >= 0.6 is 0 Å². The zero-order chi connectivity index (χ0) is 18.7. The second-order valence-corrected chi connectivity index (χ2v) is 8.83. The quantitative estimate of drug-likeness (QED) is 0.774. The number of carbonyl (C=O) groups excluding carboxylic acids is 1. The van der Waals surface area contributed by atoms with Gasteiger partial charge in [-0.1, -0.05) is 6.92 Å². The second-order valence-electron chi connectivity index (χ2n) is 6.89.